The van der Waals surface area contributed by atoms with Gasteiger partial charge in [0.1, 0.15) is 38.0 Å². The number of ketones is 2. The molecule has 0 radical (unpaired) electrons. The molecule has 16 nitrogen and oxygen atoms in total. The second-order valence-corrected chi connectivity index (χ2v) is 13.0. The summed E-state index contributed by atoms with van der Waals surface area (Å²) in [5.41, 5.74) is 2.23. The molecule has 0 saturated heterocycles. The molecular weight excluding hydrogens is 744 g/mol. The first-order chi connectivity index (χ1) is 27.3. The summed E-state index contributed by atoms with van der Waals surface area (Å²) in [7, 11) is 0. The summed E-state index contributed by atoms with van der Waals surface area (Å²) in [6.07, 6.45) is 2.75. The van der Waals surface area contributed by atoms with Gasteiger partial charge < -0.3 is 28.4 Å². The summed E-state index contributed by atoms with van der Waals surface area (Å²) < 4.78 is 30.9. The maximum atomic E-state index is 12.3. The van der Waals surface area contributed by atoms with E-state index in [9.17, 15) is 39.2 Å². The van der Waals surface area contributed by atoms with Gasteiger partial charge in [0.05, 0.1) is 31.0 Å². The van der Waals surface area contributed by atoms with Crippen LogP contribution in [0.5, 0.6) is 0 Å². The maximum absolute atomic E-state index is 12.3. The number of hydrogen-bond acceptors (Lipinski definition) is 14. The van der Waals surface area contributed by atoms with Crippen LogP contribution >= 0.6 is 0 Å². The molecule has 0 fully saturated rings. The van der Waals surface area contributed by atoms with Gasteiger partial charge in [-0.1, -0.05) is 50.3 Å². The lowest BCUT2D eigenvalue weighted by molar-refractivity contribution is -0.140. The number of hydroxylamine groups is 2. The van der Waals surface area contributed by atoms with Crippen molar-refractivity contribution in [3.63, 3.8) is 0 Å². The first kappa shape index (κ1) is 47.7. The summed E-state index contributed by atoms with van der Waals surface area (Å²) in [4.78, 5) is 71.5. The Labute approximate surface area is 332 Å². The van der Waals surface area contributed by atoms with Crippen molar-refractivity contribution in [3.05, 3.63) is 84.0 Å². The maximum Gasteiger partial charge on any atom is 0.438 e. The van der Waals surface area contributed by atoms with Crippen molar-refractivity contribution in [3.8, 4) is 0 Å². The van der Waals surface area contributed by atoms with E-state index < -0.39 is 24.1 Å². The van der Waals surface area contributed by atoms with Crippen molar-refractivity contribution in [2.24, 2.45) is 0 Å². The van der Waals surface area contributed by atoms with Crippen molar-refractivity contribution in [1.82, 2.24) is 0 Å². The van der Waals surface area contributed by atoms with E-state index in [-0.39, 0.29) is 80.1 Å². The lowest BCUT2D eigenvalue weighted by Gasteiger charge is -2.16. The quantitative estimate of drug-likeness (QED) is 0.0170. The Morgan fingerprint density at radius 1 is 0.544 bits per heavy atom. The molecule has 0 aliphatic rings. The number of nitrogens with zero attached hydrogens (tertiary/aromatic N) is 2. The fourth-order valence-electron chi connectivity index (χ4n) is 4.85. The third-order valence-electron chi connectivity index (χ3n) is 7.86. The molecule has 2 rings (SSSR count). The first-order valence-electron chi connectivity index (χ1n) is 18.6. The fourth-order valence-corrected chi connectivity index (χ4v) is 4.85. The Balaban J connectivity index is 1.50. The van der Waals surface area contributed by atoms with Gasteiger partial charge in [0, 0.05) is 37.2 Å². The third kappa shape index (κ3) is 20.4. The normalized spacial score (nSPS) is 10.6. The van der Waals surface area contributed by atoms with Crippen LogP contribution in [0.4, 0.5) is 21.0 Å². The molecule has 312 valence electrons. The van der Waals surface area contributed by atoms with E-state index in [4.69, 9.17) is 28.4 Å². The molecule has 0 saturated carbocycles. The predicted octanol–water partition coefficient (Wildman–Crippen LogP) is 6.97. The summed E-state index contributed by atoms with van der Waals surface area (Å²) >= 11 is 0. The number of anilines is 2. The van der Waals surface area contributed by atoms with Gasteiger partial charge in [-0.25, -0.2) is 19.2 Å². The van der Waals surface area contributed by atoms with Crippen LogP contribution in [0.15, 0.2) is 72.8 Å². The SMILES string of the molecule is C=C(C)C(=O)OCCOC(=O)N(O)c1cccc(COCCCCCC(=O)CC(=O)CCCCCOCc2cccc(N(O)C(=O)OCCOC(=O)C(=C)C)c2)c1. The third-order valence-corrected chi connectivity index (χ3v) is 7.86. The Bertz CT molecular complexity index is 1540. The van der Waals surface area contributed by atoms with Crippen molar-refractivity contribution in [2.45, 2.75) is 84.8 Å². The van der Waals surface area contributed by atoms with Gasteiger partial charge in [0.15, 0.2) is 0 Å². The zero-order valence-electron chi connectivity index (χ0n) is 32.7. The molecule has 2 aromatic rings. The Morgan fingerprint density at radius 3 is 1.32 bits per heavy atom. The molecule has 0 aromatic heterocycles. The molecule has 16 heteroatoms. The minimum absolute atomic E-state index is 0.0740. The topological polar surface area (TPSA) is 205 Å². The lowest BCUT2D eigenvalue weighted by atomic mass is 10.0. The van der Waals surface area contributed by atoms with Gasteiger partial charge in [0.25, 0.3) is 0 Å². The van der Waals surface area contributed by atoms with Crippen LogP contribution in [0.25, 0.3) is 0 Å². The molecule has 2 N–H and O–H groups in total. The predicted molar refractivity (Wildman–Crippen MR) is 207 cm³/mol. The molecule has 0 bridgehead atoms. The highest BCUT2D eigenvalue weighted by Crippen LogP contribution is 2.18. The zero-order valence-corrected chi connectivity index (χ0v) is 32.7. The van der Waals surface area contributed by atoms with E-state index in [1.54, 1.807) is 36.4 Å². The van der Waals surface area contributed by atoms with E-state index in [1.807, 2.05) is 0 Å². The molecule has 0 aliphatic heterocycles. The number of esters is 2. The van der Waals surface area contributed by atoms with E-state index in [0.717, 1.165) is 36.8 Å². The van der Waals surface area contributed by atoms with Crippen LogP contribution in [-0.4, -0.2) is 85.7 Å². The fraction of sp³-hybridized carbons (Fsp3) is 0.463. The van der Waals surface area contributed by atoms with Crippen LogP contribution in [0, 0.1) is 0 Å². The smallest absolute Gasteiger partial charge is 0.438 e. The van der Waals surface area contributed by atoms with Crippen LogP contribution in [0.2, 0.25) is 0 Å². The second kappa shape index (κ2) is 27.2. The number of hydrogen-bond donors (Lipinski definition) is 2. The summed E-state index contributed by atoms with van der Waals surface area (Å²) in [5, 5.41) is 21.1. The van der Waals surface area contributed by atoms with Gasteiger partial charge >= 0.3 is 24.1 Å². The number of rotatable bonds is 28. The second-order valence-electron chi connectivity index (χ2n) is 13.0. The number of unbranched alkanes of at least 4 members (excludes halogenated alkanes) is 4. The van der Waals surface area contributed by atoms with Crippen molar-refractivity contribution in [2.75, 3.05) is 49.8 Å². The molecule has 2 amide bonds. The standard InChI is InChI=1S/C41H54N2O14/c1-30(2)38(46)54-21-23-56-40(48)42(50)34-15-11-13-32(25-34)28-52-19-9-5-7-17-36(44)27-37(45)18-8-6-10-20-53-29-33-14-12-16-35(26-33)43(51)41(49)57-24-22-55-39(47)31(3)4/h11-16,25-26,50-51H,1,3,5-10,17-24,27-29H2,2,4H3. The Morgan fingerprint density at radius 2 is 0.930 bits per heavy atom. The first-order valence-corrected chi connectivity index (χ1v) is 18.6. The largest absolute Gasteiger partial charge is 0.459 e. The van der Waals surface area contributed by atoms with Crippen LogP contribution in [0.3, 0.4) is 0 Å². The molecule has 57 heavy (non-hydrogen) atoms. The van der Waals surface area contributed by atoms with Crippen LogP contribution < -0.4 is 10.1 Å². The molecule has 0 atom stereocenters. The number of ether oxygens (including phenoxy) is 6. The van der Waals surface area contributed by atoms with Gasteiger partial charge in [-0.05, 0) is 74.9 Å². The van der Waals surface area contributed by atoms with Crippen molar-refractivity contribution < 1.29 is 67.6 Å². The highest BCUT2D eigenvalue weighted by atomic mass is 16.6. The monoisotopic (exact) mass is 798 g/mol. The summed E-state index contributed by atoms with van der Waals surface area (Å²) in [5.74, 6) is -1.37. The number of Topliss-reactive ketones (excluding diaryl/α,β-unsaturated/α-hetero) is 2. The van der Waals surface area contributed by atoms with E-state index in [0.29, 0.717) is 49.0 Å². The van der Waals surface area contributed by atoms with E-state index >= 15 is 0 Å². The van der Waals surface area contributed by atoms with Gasteiger partial charge in [-0.3, -0.25) is 20.0 Å². The van der Waals surface area contributed by atoms with Gasteiger partial charge in [-0.15, -0.1) is 0 Å². The lowest BCUT2D eigenvalue weighted by Crippen LogP contribution is -2.29. The molecule has 0 aliphatic carbocycles. The molecule has 0 unspecified atom stereocenters. The van der Waals surface area contributed by atoms with Crippen molar-refractivity contribution >= 4 is 47.1 Å². The summed E-state index contributed by atoms with van der Waals surface area (Å²) in [6, 6.07) is 13.0. The van der Waals surface area contributed by atoms with Gasteiger partial charge in [-0.2, -0.15) is 10.1 Å². The minimum atomic E-state index is -1.03. The summed E-state index contributed by atoms with van der Waals surface area (Å²) in [6.45, 7) is 10.4. The average Bonchev–Trinajstić information content (AvgIpc) is 3.19. The molecule has 2 aromatic carbocycles. The van der Waals surface area contributed by atoms with Crippen LogP contribution in [0.1, 0.15) is 82.8 Å². The molecular formula is C41H54N2O14. The zero-order chi connectivity index (χ0) is 42.0. The number of carbonyl (C=O) groups is 6. The van der Waals surface area contributed by atoms with E-state index in [2.05, 4.69) is 13.2 Å². The Kier molecular flexibility index (Phi) is 22.8. The molecule has 0 heterocycles. The van der Waals surface area contributed by atoms with Crippen molar-refractivity contribution in [1.29, 1.82) is 0 Å². The average molecular weight is 799 g/mol. The highest BCUT2D eigenvalue weighted by molar-refractivity contribution is 5.99. The van der Waals surface area contributed by atoms with Gasteiger partial charge in [0.2, 0.25) is 0 Å². The Hall–Kier alpha value is -5.42. The number of amides is 2. The minimum Gasteiger partial charge on any atom is -0.459 e. The number of benzene rings is 2. The van der Waals surface area contributed by atoms with Crippen LogP contribution in [-0.2, 0) is 60.8 Å². The highest BCUT2D eigenvalue weighted by Gasteiger charge is 2.17. The van der Waals surface area contributed by atoms with E-state index in [1.165, 1.54) is 26.0 Å². The number of carbonyl (C=O) groups excluding carboxylic acids is 6. The molecule has 0 spiro atoms.